The molecule has 0 aliphatic carbocycles. The Morgan fingerprint density at radius 3 is 2.82 bits per heavy atom. The summed E-state index contributed by atoms with van der Waals surface area (Å²) in [6.07, 6.45) is 1.47. The lowest BCUT2D eigenvalue weighted by Crippen LogP contribution is -2.23. The Balaban J connectivity index is 1.96. The molecule has 0 radical (unpaired) electrons. The van der Waals surface area contributed by atoms with E-state index in [1.54, 1.807) is 18.2 Å². The molecule has 0 aliphatic heterocycles. The molecule has 114 valence electrons. The quantitative estimate of drug-likeness (QED) is 0.431. The summed E-state index contributed by atoms with van der Waals surface area (Å²) in [5.74, 6) is 0.417. The van der Waals surface area contributed by atoms with Crippen LogP contribution in [0.25, 0.3) is 0 Å². The van der Waals surface area contributed by atoms with Gasteiger partial charge in [0.1, 0.15) is 0 Å². The van der Waals surface area contributed by atoms with Gasteiger partial charge in [-0.25, -0.2) is 0 Å². The Kier molecular flexibility index (Phi) is 5.74. The van der Waals surface area contributed by atoms with Crippen LogP contribution in [0.5, 0.6) is 11.5 Å². The number of nitrogens with zero attached hydrogens (tertiary/aromatic N) is 1. The lowest BCUT2D eigenvalue weighted by Gasteiger charge is -2.07. The predicted octanol–water partition coefficient (Wildman–Crippen LogP) is 3.48. The third kappa shape index (κ3) is 4.44. The number of phenols is 1. The van der Waals surface area contributed by atoms with Crippen molar-refractivity contribution >= 4 is 45.2 Å². The summed E-state index contributed by atoms with van der Waals surface area (Å²) >= 11 is 8.52. The molecule has 0 bridgehead atoms. The molecule has 5 nitrogen and oxygen atoms in total. The van der Waals surface area contributed by atoms with Gasteiger partial charge in [0.2, 0.25) is 0 Å². The maximum Gasteiger partial charge on any atom is 0.191 e. The highest BCUT2D eigenvalue weighted by atomic mass is 79.9. The predicted molar refractivity (Wildman–Crippen MR) is 95.8 cm³/mol. The average molecular weight is 380 g/mol. The first-order chi connectivity index (χ1) is 10.6. The number of para-hydroxylation sites is 1. The van der Waals surface area contributed by atoms with Crippen molar-refractivity contribution in [1.29, 1.82) is 0 Å². The van der Waals surface area contributed by atoms with Gasteiger partial charge in [-0.3, -0.25) is 5.43 Å². The number of anilines is 1. The molecule has 0 saturated carbocycles. The summed E-state index contributed by atoms with van der Waals surface area (Å²) in [6.45, 7) is 0. The second-order valence-corrected chi connectivity index (χ2v) is 5.56. The maximum absolute atomic E-state index is 9.92. The van der Waals surface area contributed by atoms with E-state index in [4.69, 9.17) is 17.0 Å². The van der Waals surface area contributed by atoms with Gasteiger partial charge in [0.15, 0.2) is 16.6 Å². The molecule has 0 aliphatic rings. The van der Waals surface area contributed by atoms with Crippen molar-refractivity contribution in [2.75, 3.05) is 12.4 Å². The number of methoxy groups -OCH3 is 1. The maximum atomic E-state index is 9.92. The topological polar surface area (TPSA) is 65.9 Å². The average Bonchev–Trinajstić information content (AvgIpc) is 2.49. The van der Waals surface area contributed by atoms with Crippen LogP contribution >= 0.6 is 28.1 Å². The van der Waals surface area contributed by atoms with Crippen molar-refractivity contribution in [2.45, 2.75) is 0 Å². The van der Waals surface area contributed by atoms with E-state index in [1.807, 2.05) is 24.3 Å². The molecule has 0 atom stereocenters. The van der Waals surface area contributed by atoms with Crippen LogP contribution in [0.2, 0.25) is 0 Å². The third-order valence-electron chi connectivity index (χ3n) is 2.70. The highest BCUT2D eigenvalue weighted by Gasteiger charge is 2.04. The highest BCUT2D eigenvalue weighted by Crippen LogP contribution is 2.27. The smallest absolute Gasteiger partial charge is 0.191 e. The Morgan fingerprint density at radius 2 is 2.09 bits per heavy atom. The number of phenolic OH excluding ortho intramolecular Hbond substituents is 1. The molecular weight excluding hydrogens is 366 g/mol. The zero-order valence-corrected chi connectivity index (χ0v) is 14.1. The molecule has 3 N–H and O–H groups in total. The van der Waals surface area contributed by atoms with Crippen molar-refractivity contribution < 1.29 is 9.84 Å². The molecule has 0 heterocycles. The van der Waals surface area contributed by atoms with E-state index in [-0.39, 0.29) is 5.75 Å². The SMILES string of the molecule is COc1cccc(/C=N/NC(=S)Nc2cccc(Br)c2)c1O. The fraction of sp³-hybridized carbons (Fsp3) is 0.0667. The van der Waals surface area contributed by atoms with E-state index in [9.17, 15) is 5.11 Å². The molecule has 2 aromatic carbocycles. The zero-order valence-electron chi connectivity index (χ0n) is 11.7. The molecule has 0 saturated heterocycles. The van der Waals surface area contributed by atoms with Gasteiger partial charge in [0, 0.05) is 15.7 Å². The number of hydrazone groups is 1. The summed E-state index contributed by atoms with van der Waals surface area (Å²) in [5, 5.41) is 17.3. The van der Waals surface area contributed by atoms with Gasteiger partial charge in [-0.1, -0.05) is 28.1 Å². The second-order valence-electron chi connectivity index (χ2n) is 4.23. The first kappa shape index (κ1) is 16.3. The number of halogens is 1. The Morgan fingerprint density at radius 1 is 1.32 bits per heavy atom. The standard InChI is InChI=1S/C15H14BrN3O2S/c1-21-13-7-2-4-10(14(13)20)9-17-19-15(22)18-12-6-3-5-11(16)8-12/h2-9,20H,1H3,(H2,18,19,22)/b17-9+. The second kappa shape index (κ2) is 7.77. The summed E-state index contributed by atoms with van der Waals surface area (Å²) in [6, 6.07) is 12.7. The molecular formula is C15H14BrN3O2S. The van der Waals surface area contributed by atoms with Crippen LogP contribution in [-0.4, -0.2) is 23.5 Å². The number of thiocarbonyl (C=S) groups is 1. The summed E-state index contributed by atoms with van der Waals surface area (Å²) in [5.41, 5.74) is 4.05. The van der Waals surface area contributed by atoms with Crippen LogP contribution in [-0.2, 0) is 0 Å². The first-order valence-corrected chi connectivity index (χ1v) is 7.52. The molecule has 7 heteroatoms. The van der Waals surface area contributed by atoms with Gasteiger partial charge in [0.25, 0.3) is 0 Å². The van der Waals surface area contributed by atoms with E-state index < -0.39 is 0 Å². The Hall–Kier alpha value is -2.12. The van der Waals surface area contributed by atoms with Gasteiger partial charge >= 0.3 is 0 Å². The van der Waals surface area contributed by atoms with E-state index in [0.717, 1.165) is 10.2 Å². The third-order valence-corrected chi connectivity index (χ3v) is 3.39. The lowest BCUT2D eigenvalue weighted by atomic mass is 10.2. The minimum Gasteiger partial charge on any atom is -0.504 e. The number of ether oxygens (including phenoxy) is 1. The summed E-state index contributed by atoms with van der Waals surface area (Å²) < 4.78 is 5.98. The number of benzene rings is 2. The van der Waals surface area contributed by atoms with Crippen LogP contribution in [0.3, 0.4) is 0 Å². The highest BCUT2D eigenvalue weighted by molar-refractivity contribution is 9.10. The number of rotatable bonds is 4. The fourth-order valence-corrected chi connectivity index (χ4v) is 2.26. The van der Waals surface area contributed by atoms with E-state index in [2.05, 4.69) is 31.8 Å². The van der Waals surface area contributed by atoms with Gasteiger partial charge < -0.3 is 15.2 Å². The molecule has 0 aromatic heterocycles. The largest absolute Gasteiger partial charge is 0.504 e. The van der Waals surface area contributed by atoms with Crippen molar-refractivity contribution in [3.05, 3.63) is 52.5 Å². The first-order valence-electron chi connectivity index (χ1n) is 6.31. The number of nitrogens with one attached hydrogen (secondary N) is 2. The molecule has 2 aromatic rings. The Labute approximate surface area is 142 Å². The van der Waals surface area contributed by atoms with Crippen molar-refractivity contribution in [3.63, 3.8) is 0 Å². The number of aromatic hydroxyl groups is 1. The summed E-state index contributed by atoms with van der Waals surface area (Å²) in [7, 11) is 1.49. The van der Waals surface area contributed by atoms with Gasteiger partial charge in [-0.15, -0.1) is 0 Å². The van der Waals surface area contributed by atoms with Crippen molar-refractivity contribution in [3.8, 4) is 11.5 Å². The van der Waals surface area contributed by atoms with Crippen LogP contribution in [0.15, 0.2) is 52.0 Å². The van der Waals surface area contributed by atoms with Crippen LogP contribution in [0.4, 0.5) is 5.69 Å². The zero-order chi connectivity index (χ0) is 15.9. The van der Waals surface area contributed by atoms with Crippen LogP contribution in [0, 0.1) is 0 Å². The molecule has 0 amide bonds. The van der Waals surface area contributed by atoms with E-state index in [1.165, 1.54) is 13.3 Å². The minimum absolute atomic E-state index is 0.0291. The monoisotopic (exact) mass is 379 g/mol. The lowest BCUT2D eigenvalue weighted by molar-refractivity contribution is 0.373. The van der Waals surface area contributed by atoms with Crippen LogP contribution < -0.4 is 15.5 Å². The summed E-state index contributed by atoms with van der Waals surface area (Å²) in [4.78, 5) is 0. The van der Waals surface area contributed by atoms with Crippen molar-refractivity contribution in [2.24, 2.45) is 5.10 Å². The van der Waals surface area contributed by atoms with E-state index >= 15 is 0 Å². The fourth-order valence-electron chi connectivity index (χ4n) is 1.69. The normalized spacial score (nSPS) is 10.5. The molecule has 0 unspecified atom stereocenters. The number of hydrogen-bond donors (Lipinski definition) is 3. The molecule has 0 fully saturated rings. The number of hydrogen-bond acceptors (Lipinski definition) is 4. The van der Waals surface area contributed by atoms with Crippen LogP contribution in [0.1, 0.15) is 5.56 Å². The molecule has 22 heavy (non-hydrogen) atoms. The van der Waals surface area contributed by atoms with Crippen molar-refractivity contribution in [1.82, 2.24) is 5.43 Å². The van der Waals surface area contributed by atoms with Gasteiger partial charge in [-0.05, 0) is 42.5 Å². The molecule has 2 rings (SSSR count). The van der Waals surface area contributed by atoms with E-state index in [0.29, 0.717) is 16.4 Å². The van der Waals surface area contributed by atoms with Gasteiger partial charge in [-0.2, -0.15) is 5.10 Å². The minimum atomic E-state index is 0.0291. The Bertz CT molecular complexity index is 707. The molecule has 0 spiro atoms. The van der Waals surface area contributed by atoms with Gasteiger partial charge in [0.05, 0.1) is 13.3 Å².